The van der Waals surface area contributed by atoms with Gasteiger partial charge in [-0.1, -0.05) is 26.8 Å². The minimum absolute atomic E-state index is 0.326. The molecule has 1 aliphatic carbocycles. The lowest BCUT2D eigenvalue weighted by Crippen LogP contribution is -2.16. The number of nitrogen functional groups attached to an aromatic ring is 1. The standard InChI is InChI=1S/C18H26N2/c1-6-15-13-10-14(17(7-2)20-8-3)16(19)9-12(13)11-18(15,4)5/h7-10,15H,6,11,19H2,1-5H3/b17-7-,20-8?. The summed E-state index contributed by atoms with van der Waals surface area (Å²) in [5.74, 6) is 0.612. The van der Waals surface area contributed by atoms with Crippen molar-refractivity contribution in [3.05, 3.63) is 34.9 Å². The molecule has 0 aromatic heterocycles. The molecule has 1 aromatic rings. The van der Waals surface area contributed by atoms with E-state index in [0.29, 0.717) is 11.3 Å². The third-order valence-electron chi connectivity index (χ3n) is 4.50. The van der Waals surface area contributed by atoms with Crippen molar-refractivity contribution in [3.8, 4) is 0 Å². The molecule has 1 unspecified atom stereocenters. The van der Waals surface area contributed by atoms with Gasteiger partial charge in [-0.15, -0.1) is 0 Å². The summed E-state index contributed by atoms with van der Waals surface area (Å²) in [6.45, 7) is 10.9. The van der Waals surface area contributed by atoms with Crippen LogP contribution in [0.25, 0.3) is 5.70 Å². The Morgan fingerprint density at radius 1 is 1.40 bits per heavy atom. The van der Waals surface area contributed by atoms with Crippen molar-refractivity contribution in [1.29, 1.82) is 0 Å². The molecule has 0 bridgehead atoms. The van der Waals surface area contributed by atoms with E-state index in [1.165, 1.54) is 17.5 Å². The lowest BCUT2D eigenvalue weighted by Gasteiger charge is -2.26. The lowest BCUT2D eigenvalue weighted by atomic mass is 9.78. The van der Waals surface area contributed by atoms with Crippen LogP contribution in [0, 0.1) is 5.41 Å². The monoisotopic (exact) mass is 270 g/mol. The van der Waals surface area contributed by atoms with E-state index < -0.39 is 0 Å². The van der Waals surface area contributed by atoms with Gasteiger partial charge in [-0.3, -0.25) is 4.99 Å². The Morgan fingerprint density at radius 2 is 2.10 bits per heavy atom. The molecule has 2 heteroatoms. The second kappa shape index (κ2) is 5.43. The summed E-state index contributed by atoms with van der Waals surface area (Å²) >= 11 is 0. The molecule has 108 valence electrons. The van der Waals surface area contributed by atoms with E-state index >= 15 is 0 Å². The molecule has 1 aliphatic rings. The number of anilines is 1. The summed E-state index contributed by atoms with van der Waals surface area (Å²) < 4.78 is 0. The van der Waals surface area contributed by atoms with Gasteiger partial charge in [0.15, 0.2) is 0 Å². The summed E-state index contributed by atoms with van der Waals surface area (Å²) in [6, 6.07) is 4.44. The predicted octanol–water partition coefficient (Wildman–Crippen LogP) is 4.80. The van der Waals surface area contributed by atoms with Crippen LogP contribution in [0.4, 0.5) is 5.69 Å². The van der Waals surface area contributed by atoms with Crippen molar-refractivity contribution in [3.63, 3.8) is 0 Å². The highest BCUT2D eigenvalue weighted by Crippen LogP contribution is 2.50. The first kappa shape index (κ1) is 14.8. The first-order valence-corrected chi connectivity index (χ1v) is 7.52. The molecule has 1 aromatic carbocycles. The number of fused-ring (bicyclic) bond motifs is 1. The van der Waals surface area contributed by atoms with Gasteiger partial charge < -0.3 is 5.73 Å². The third-order valence-corrected chi connectivity index (χ3v) is 4.50. The highest BCUT2D eigenvalue weighted by atomic mass is 14.7. The van der Waals surface area contributed by atoms with Crippen molar-refractivity contribution < 1.29 is 0 Å². The zero-order chi connectivity index (χ0) is 14.9. The first-order chi connectivity index (χ1) is 9.44. The molecule has 0 saturated heterocycles. The molecule has 0 heterocycles. The Balaban J connectivity index is 2.57. The van der Waals surface area contributed by atoms with Crippen LogP contribution in [0.5, 0.6) is 0 Å². The van der Waals surface area contributed by atoms with Crippen LogP contribution in [0.15, 0.2) is 23.2 Å². The molecule has 0 saturated carbocycles. The van der Waals surface area contributed by atoms with Gasteiger partial charge in [-0.25, -0.2) is 0 Å². The van der Waals surface area contributed by atoms with Gasteiger partial charge in [0.1, 0.15) is 0 Å². The average molecular weight is 270 g/mol. The molecule has 1 atom stereocenters. The minimum Gasteiger partial charge on any atom is -0.398 e. The normalized spacial score (nSPS) is 21.4. The van der Waals surface area contributed by atoms with Gasteiger partial charge in [0.25, 0.3) is 0 Å². The van der Waals surface area contributed by atoms with E-state index in [9.17, 15) is 0 Å². The number of nitrogens with two attached hydrogens (primary N) is 1. The van der Waals surface area contributed by atoms with E-state index in [2.05, 4.69) is 37.9 Å². The highest BCUT2D eigenvalue weighted by molar-refractivity contribution is 5.80. The maximum Gasteiger partial charge on any atom is 0.0676 e. The number of rotatable bonds is 3. The summed E-state index contributed by atoms with van der Waals surface area (Å²) in [6.07, 6.45) is 6.14. The average Bonchev–Trinajstić information content (AvgIpc) is 2.63. The molecular formula is C18H26N2. The molecule has 0 fully saturated rings. The Labute approximate surface area is 122 Å². The maximum absolute atomic E-state index is 6.26. The summed E-state index contributed by atoms with van der Waals surface area (Å²) in [4.78, 5) is 4.44. The van der Waals surface area contributed by atoms with E-state index in [4.69, 9.17) is 5.73 Å². The molecular weight excluding hydrogens is 244 g/mol. The van der Waals surface area contributed by atoms with Crippen molar-refractivity contribution in [1.82, 2.24) is 0 Å². The Morgan fingerprint density at radius 3 is 2.65 bits per heavy atom. The fraction of sp³-hybridized carbons (Fsp3) is 0.500. The molecule has 2 nitrogen and oxygen atoms in total. The van der Waals surface area contributed by atoms with Gasteiger partial charge in [-0.2, -0.15) is 0 Å². The van der Waals surface area contributed by atoms with Crippen LogP contribution in [0.2, 0.25) is 0 Å². The number of aliphatic imine (C=N–C) groups is 1. The summed E-state index contributed by atoms with van der Waals surface area (Å²) in [5.41, 5.74) is 12.3. The number of hydrogen-bond acceptors (Lipinski definition) is 2. The van der Waals surface area contributed by atoms with Gasteiger partial charge >= 0.3 is 0 Å². The molecule has 20 heavy (non-hydrogen) atoms. The fourth-order valence-corrected chi connectivity index (χ4v) is 3.63. The third kappa shape index (κ3) is 2.39. The lowest BCUT2D eigenvalue weighted by molar-refractivity contribution is 0.306. The fourth-order valence-electron chi connectivity index (χ4n) is 3.63. The molecule has 2 N–H and O–H groups in total. The minimum atomic E-state index is 0.326. The summed E-state index contributed by atoms with van der Waals surface area (Å²) in [5, 5.41) is 0. The predicted molar refractivity (Wildman–Crippen MR) is 89.2 cm³/mol. The van der Waals surface area contributed by atoms with Gasteiger partial charge in [0.2, 0.25) is 0 Å². The van der Waals surface area contributed by atoms with Crippen LogP contribution in [0.3, 0.4) is 0 Å². The first-order valence-electron chi connectivity index (χ1n) is 7.52. The number of nitrogens with zero attached hydrogens (tertiary/aromatic N) is 1. The van der Waals surface area contributed by atoms with E-state index in [1.807, 2.05) is 26.1 Å². The van der Waals surface area contributed by atoms with Crippen LogP contribution < -0.4 is 5.73 Å². The van der Waals surface area contributed by atoms with E-state index in [-0.39, 0.29) is 0 Å². The Hall–Kier alpha value is -1.57. The van der Waals surface area contributed by atoms with E-state index in [1.54, 1.807) is 0 Å². The van der Waals surface area contributed by atoms with Gasteiger partial charge in [0, 0.05) is 17.5 Å². The number of hydrogen-bond donors (Lipinski definition) is 1. The zero-order valence-corrected chi connectivity index (χ0v) is 13.3. The Kier molecular flexibility index (Phi) is 4.03. The second-order valence-electron chi connectivity index (χ2n) is 6.33. The highest BCUT2D eigenvalue weighted by Gasteiger charge is 2.38. The SMILES string of the molecule is CC=N/C(=C\C)c1cc2c(cc1N)CC(C)(C)C2CC. The van der Waals surface area contributed by atoms with Gasteiger partial charge in [-0.05, 0) is 61.3 Å². The quantitative estimate of drug-likeness (QED) is 0.622. The van der Waals surface area contributed by atoms with Crippen LogP contribution in [0.1, 0.15) is 63.6 Å². The van der Waals surface area contributed by atoms with Gasteiger partial charge in [0.05, 0.1) is 5.70 Å². The van der Waals surface area contributed by atoms with Crippen LogP contribution in [-0.2, 0) is 6.42 Å². The smallest absolute Gasteiger partial charge is 0.0676 e. The Bertz CT molecular complexity index is 565. The van der Waals surface area contributed by atoms with Crippen molar-refractivity contribution in [2.75, 3.05) is 5.73 Å². The molecule has 0 spiro atoms. The maximum atomic E-state index is 6.26. The largest absolute Gasteiger partial charge is 0.398 e. The molecule has 2 rings (SSSR count). The van der Waals surface area contributed by atoms with Crippen LogP contribution in [-0.4, -0.2) is 6.21 Å². The molecule has 0 amide bonds. The second-order valence-corrected chi connectivity index (χ2v) is 6.33. The number of benzene rings is 1. The molecule has 0 radical (unpaired) electrons. The molecule has 0 aliphatic heterocycles. The topological polar surface area (TPSA) is 38.4 Å². The van der Waals surface area contributed by atoms with Crippen molar-refractivity contribution in [2.24, 2.45) is 10.4 Å². The van der Waals surface area contributed by atoms with Crippen LogP contribution >= 0.6 is 0 Å². The zero-order valence-electron chi connectivity index (χ0n) is 13.3. The number of allylic oxidation sites excluding steroid dienone is 1. The van der Waals surface area contributed by atoms with Crippen molar-refractivity contribution >= 4 is 17.6 Å². The van der Waals surface area contributed by atoms with Crippen molar-refractivity contribution in [2.45, 2.75) is 53.4 Å². The van der Waals surface area contributed by atoms with E-state index in [0.717, 1.165) is 23.4 Å². The summed E-state index contributed by atoms with van der Waals surface area (Å²) in [7, 11) is 0.